The van der Waals surface area contributed by atoms with E-state index in [4.69, 9.17) is 15.7 Å². The van der Waals surface area contributed by atoms with Crippen LogP contribution in [0, 0.1) is 5.92 Å². The fraction of sp³-hybridized carbons (Fsp3) is 0.500. The van der Waals surface area contributed by atoms with E-state index in [0.29, 0.717) is 6.42 Å². The molecule has 1 aliphatic rings. The summed E-state index contributed by atoms with van der Waals surface area (Å²) in [6.45, 7) is 0.819. The van der Waals surface area contributed by atoms with Crippen molar-refractivity contribution in [2.75, 3.05) is 6.61 Å². The summed E-state index contributed by atoms with van der Waals surface area (Å²) in [5.74, 6) is 1.83. The molecule has 4 heteroatoms. The van der Waals surface area contributed by atoms with Crippen LogP contribution < -0.4 is 10.5 Å². The summed E-state index contributed by atoms with van der Waals surface area (Å²) in [5.41, 5.74) is 6.47. The van der Waals surface area contributed by atoms with E-state index in [1.54, 1.807) is 0 Å². The molecule has 2 rings (SSSR count). The Balaban J connectivity index is 1.83. The van der Waals surface area contributed by atoms with Crippen LogP contribution in [0.4, 0.5) is 0 Å². The van der Waals surface area contributed by atoms with Crippen LogP contribution in [0.25, 0.3) is 0 Å². The molecule has 0 unspecified atom stereocenters. The Labute approximate surface area is 107 Å². The second-order valence-corrected chi connectivity index (χ2v) is 4.87. The molecular weight excluding hydrogens is 228 g/mol. The Bertz CT molecular complexity index is 395. The summed E-state index contributed by atoms with van der Waals surface area (Å²) in [5, 5.41) is 11.5. The maximum Gasteiger partial charge on any atom is 0.143 e. The minimum Gasteiger partial charge on any atom is -0.493 e. The maximum atomic E-state index is 8.49. The fourth-order valence-corrected chi connectivity index (χ4v) is 2.34. The number of rotatable bonds is 5. The fourth-order valence-electron chi connectivity index (χ4n) is 2.34. The molecule has 1 aromatic rings. The van der Waals surface area contributed by atoms with Gasteiger partial charge in [-0.05, 0) is 36.5 Å². The molecule has 18 heavy (non-hydrogen) atoms. The highest BCUT2D eigenvalue weighted by molar-refractivity contribution is 5.82. The molecule has 4 nitrogen and oxygen atoms in total. The van der Waals surface area contributed by atoms with E-state index < -0.39 is 0 Å². The Hall–Kier alpha value is -1.71. The smallest absolute Gasteiger partial charge is 0.143 e. The molecule has 1 saturated carbocycles. The standard InChI is InChI=1S/C14H20N2O2/c15-14(16-17)9-11-5-7-13(8-6-11)18-10-12-3-1-2-4-12/h5-8,12,17H,1-4,9-10H2,(H2,15,16). The zero-order chi connectivity index (χ0) is 12.8. The SMILES string of the molecule is N/C(Cc1ccc(OCC2CCCC2)cc1)=N\O. The largest absolute Gasteiger partial charge is 0.493 e. The molecule has 3 N–H and O–H groups in total. The molecular formula is C14H20N2O2. The van der Waals surface area contributed by atoms with Crippen molar-refractivity contribution in [1.29, 1.82) is 0 Å². The van der Waals surface area contributed by atoms with Gasteiger partial charge >= 0.3 is 0 Å². The molecule has 98 valence electrons. The van der Waals surface area contributed by atoms with Crippen LogP contribution >= 0.6 is 0 Å². The lowest BCUT2D eigenvalue weighted by molar-refractivity contribution is 0.252. The topological polar surface area (TPSA) is 67.8 Å². The normalized spacial score (nSPS) is 17.0. The van der Waals surface area contributed by atoms with Crippen LogP contribution in [0.2, 0.25) is 0 Å². The van der Waals surface area contributed by atoms with Gasteiger partial charge in [0.1, 0.15) is 11.6 Å². The number of oxime groups is 1. The van der Waals surface area contributed by atoms with Crippen molar-refractivity contribution in [3.63, 3.8) is 0 Å². The number of benzene rings is 1. The summed E-state index contributed by atoms with van der Waals surface area (Å²) in [7, 11) is 0. The lowest BCUT2D eigenvalue weighted by Crippen LogP contribution is -2.14. The minimum atomic E-state index is 0.217. The number of ether oxygens (including phenoxy) is 1. The predicted octanol–water partition coefficient (Wildman–Crippen LogP) is 2.54. The van der Waals surface area contributed by atoms with Gasteiger partial charge in [0.2, 0.25) is 0 Å². The quantitative estimate of drug-likeness (QED) is 0.364. The first-order valence-corrected chi connectivity index (χ1v) is 6.46. The first kappa shape index (κ1) is 12.7. The van der Waals surface area contributed by atoms with Crippen molar-refractivity contribution < 1.29 is 9.94 Å². The van der Waals surface area contributed by atoms with Gasteiger partial charge in [0.15, 0.2) is 0 Å². The molecule has 0 spiro atoms. The van der Waals surface area contributed by atoms with E-state index in [2.05, 4.69) is 5.16 Å². The van der Waals surface area contributed by atoms with E-state index in [9.17, 15) is 0 Å². The van der Waals surface area contributed by atoms with Gasteiger partial charge in [-0.25, -0.2) is 0 Å². The number of amidine groups is 1. The van der Waals surface area contributed by atoms with Crippen LogP contribution in [0.5, 0.6) is 5.75 Å². The van der Waals surface area contributed by atoms with Gasteiger partial charge in [-0.15, -0.1) is 0 Å². The van der Waals surface area contributed by atoms with Gasteiger partial charge in [0, 0.05) is 6.42 Å². The number of hydrogen-bond donors (Lipinski definition) is 2. The van der Waals surface area contributed by atoms with Crippen LogP contribution in [-0.4, -0.2) is 17.6 Å². The van der Waals surface area contributed by atoms with E-state index in [1.165, 1.54) is 25.7 Å². The van der Waals surface area contributed by atoms with Crippen molar-refractivity contribution in [1.82, 2.24) is 0 Å². The van der Waals surface area contributed by atoms with E-state index in [-0.39, 0.29) is 5.84 Å². The third-order valence-electron chi connectivity index (χ3n) is 3.40. The predicted molar refractivity (Wildman–Crippen MR) is 71.0 cm³/mol. The lowest BCUT2D eigenvalue weighted by Gasteiger charge is -2.11. The molecule has 0 bridgehead atoms. The van der Waals surface area contributed by atoms with E-state index >= 15 is 0 Å². The second kappa shape index (κ2) is 6.28. The summed E-state index contributed by atoms with van der Waals surface area (Å²) in [6, 6.07) is 7.77. The van der Waals surface area contributed by atoms with Gasteiger partial charge in [0.05, 0.1) is 6.61 Å². The van der Waals surface area contributed by atoms with E-state index in [0.717, 1.165) is 23.8 Å². The van der Waals surface area contributed by atoms with Crippen molar-refractivity contribution in [3.8, 4) is 5.75 Å². The highest BCUT2D eigenvalue weighted by Gasteiger charge is 2.15. The molecule has 0 aliphatic heterocycles. The van der Waals surface area contributed by atoms with Gasteiger partial charge in [-0.3, -0.25) is 0 Å². The molecule has 0 aromatic heterocycles. The van der Waals surface area contributed by atoms with Crippen LogP contribution in [-0.2, 0) is 6.42 Å². The molecule has 1 aliphatic carbocycles. The summed E-state index contributed by atoms with van der Waals surface area (Å²) in [6.07, 6.45) is 5.72. The maximum absolute atomic E-state index is 8.49. The van der Waals surface area contributed by atoms with Gasteiger partial charge in [0.25, 0.3) is 0 Å². The molecule has 1 fully saturated rings. The number of nitrogens with zero attached hydrogens (tertiary/aromatic N) is 1. The highest BCUT2D eigenvalue weighted by Crippen LogP contribution is 2.25. The number of hydrogen-bond acceptors (Lipinski definition) is 3. The van der Waals surface area contributed by atoms with Crippen molar-refractivity contribution in [3.05, 3.63) is 29.8 Å². The lowest BCUT2D eigenvalue weighted by atomic mass is 10.1. The molecule has 0 radical (unpaired) electrons. The van der Waals surface area contributed by atoms with Gasteiger partial charge in [-0.1, -0.05) is 30.1 Å². The Morgan fingerprint density at radius 2 is 1.94 bits per heavy atom. The zero-order valence-electron chi connectivity index (χ0n) is 10.5. The Morgan fingerprint density at radius 1 is 1.28 bits per heavy atom. The van der Waals surface area contributed by atoms with Gasteiger partial charge < -0.3 is 15.7 Å². The minimum absolute atomic E-state index is 0.217. The monoisotopic (exact) mass is 248 g/mol. The average molecular weight is 248 g/mol. The van der Waals surface area contributed by atoms with Crippen LogP contribution in [0.1, 0.15) is 31.2 Å². The summed E-state index contributed by atoms with van der Waals surface area (Å²) < 4.78 is 5.77. The van der Waals surface area contributed by atoms with Gasteiger partial charge in [-0.2, -0.15) is 0 Å². The number of nitrogens with two attached hydrogens (primary N) is 1. The second-order valence-electron chi connectivity index (χ2n) is 4.87. The van der Waals surface area contributed by atoms with Crippen LogP contribution in [0.15, 0.2) is 29.4 Å². The molecule has 0 atom stereocenters. The third kappa shape index (κ3) is 3.65. The third-order valence-corrected chi connectivity index (χ3v) is 3.40. The molecule has 0 amide bonds. The molecule has 0 heterocycles. The Kier molecular flexibility index (Phi) is 4.45. The van der Waals surface area contributed by atoms with Crippen molar-refractivity contribution >= 4 is 5.84 Å². The average Bonchev–Trinajstić information content (AvgIpc) is 2.91. The van der Waals surface area contributed by atoms with Crippen molar-refractivity contribution in [2.24, 2.45) is 16.8 Å². The first-order chi connectivity index (χ1) is 8.78. The summed E-state index contributed by atoms with van der Waals surface area (Å²) in [4.78, 5) is 0. The molecule has 0 saturated heterocycles. The first-order valence-electron chi connectivity index (χ1n) is 6.46. The van der Waals surface area contributed by atoms with Crippen LogP contribution in [0.3, 0.4) is 0 Å². The molecule has 1 aromatic carbocycles. The van der Waals surface area contributed by atoms with E-state index in [1.807, 2.05) is 24.3 Å². The highest BCUT2D eigenvalue weighted by atomic mass is 16.5. The Morgan fingerprint density at radius 3 is 2.56 bits per heavy atom. The summed E-state index contributed by atoms with van der Waals surface area (Å²) >= 11 is 0. The van der Waals surface area contributed by atoms with Crippen molar-refractivity contribution in [2.45, 2.75) is 32.1 Å². The zero-order valence-corrected chi connectivity index (χ0v) is 10.5.